The van der Waals surface area contributed by atoms with Gasteiger partial charge in [0.1, 0.15) is 0 Å². The summed E-state index contributed by atoms with van der Waals surface area (Å²) in [6.07, 6.45) is 9.44. The van der Waals surface area contributed by atoms with Crippen molar-refractivity contribution in [3.8, 4) is 0 Å². The van der Waals surface area contributed by atoms with Crippen molar-refractivity contribution in [3.63, 3.8) is 0 Å². The SMILES string of the molecule is CC1(OCC2CCCCC2)CCNCC1. The van der Waals surface area contributed by atoms with Crippen LogP contribution in [0.3, 0.4) is 0 Å². The van der Waals surface area contributed by atoms with Gasteiger partial charge in [0, 0.05) is 0 Å². The minimum absolute atomic E-state index is 0.169. The van der Waals surface area contributed by atoms with Crippen LogP contribution in [0, 0.1) is 5.92 Å². The summed E-state index contributed by atoms with van der Waals surface area (Å²) in [6.45, 7) is 5.55. The standard InChI is InChI=1S/C13H25NO/c1-13(7-9-14-10-8-13)15-11-12-5-3-2-4-6-12/h12,14H,2-11H2,1H3. The van der Waals surface area contributed by atoms with E-state index < -0.39 is 0 Å². The van der Waals surface area contributed by atoms with Gasteiger partial charge in [-0.3, -0.25) is 0 Å². The van der Waals surface area contributed by atoms with E-state index in [9.17, 15) is 0 Å². The van der Waals surface area contributed by atoms with E-state index >= 15 is 0 Å². The molecule has 1 aliphatic carbocycles. The molecule has 2 heteroatoms. The molecule has 1 saturated carbocycles. The van der Waals surface area contributed by atoms with Crippen LogP contribution in [0.15, 0.2) is 0 Å². The number of ether oxygens (including phenoxy) is 1. The third-order valence-electron chi connectivity index (χ3n) is 4.05. The summed E-state index contributed by atoms with van der Waals surface area (Å²) < 4.78 is 6.17. The van der Waals surface area contributed by atoms with E-state index in [2.05, 4.69) is 12.2 Å². The smallest absolute Gasteiger partial charge is 0.0678 e. The monoisotopic (exact) mass is 211 g/mol. The Labute approximate surface area is 93.8 Å². The lowest BCUT2D eigenvalue weighted by Gasteiger charge is -2.36. The molecule has 0 aromatic rings. The van der Waals surface area contributed by atoms with Gasteiger partial charge >= 0.3 is 0 Å². The fraction of sp³-hybridized carbons (Fsp3) is 1.00. The zero-order valence-corrected chi connectivity index (χ0v) is 10.1. The van der Waals surface area contributed by atoms with E-state index in [1.807, 2.05) is 0 Å². The van der Waals surface area contributed by atoms with E-state index in [-0.39, 0.29) is 5.60 Å². The van der Waals surface area contributed by atoms with Crippen LogP contribution < -0.4 is 5.32 Å². The molecule has 2 nitrogen and oxygen atoms in total. The fourth-order valence-electron chi connectivity index (χ4n) is 2.77. The molecule has 1 N–H and O–H groups in total. The van der Waals surface area contributed by atoms with E-state index in [0.717, 1.165) is 25.6 Å². The lowest BCUT2D eigenvalue weighted by Crippen LogP contribution is -2.42. The first kappa shape index (κ1) is 11.4. The Balaban J connectivity index is 1.70. The largest absolute Gasteiger partial charge is 0.375 e. The zero-order chi connectivity index (χ0) is 10.6. The summed E-state index contributed by atoms with van der Waals surface area (Å²) in [4.78, 5) is 0. The predicted octanol–water partition coefficient (Wildman–Crippen LogP) is 2.73. The Kier molecular flexibility index (Phi) is 4.04. The molecule has 88 valence electrons. The first-order valence-corrected chi connectivity index (χ1v) is 6.63. The van der Waals surface area contributed by atoms with Crippen LogP contribution in [0.4, 0.5) is 0 Å². The van der Waals surface area contributed by atoms with Gasteiger partial charge in [-0.15, -0.1) is 0 Å². The second-order valence-corrected chi connectivity index (χ2v) is 5.51. The highest BCUT2D eigenvalue weighted by Gasteiger charge is 2.28. The van der Waals surface area contributed by atoms with Crippen molar-refractivity contribution in [1.82, 2.24) is 5.32 Å². The predicted molar refractivity (Wildman–Crippen MR) is 63.0 cm³/mol. The summed E-state index contributed by atoms with van der Waals surface area (Å²) >= 11 is 0. The van der Waals surface area contributed by atoms with Gasteiger partial charge in [0.25, 0.3) is 0 Å². The maximum atomic E-state index is 6.17. The van der Waals surface area contributed by atoms with Crippen molar-refractivity contribution in [2.45, 2.75) is 57.5 Å². The van der Waals surface area contributed by atoms with E-state index in [1.165, 1.54) is 44.9 Å². The molecule has 15 heavy (non-hydrogen) atoms. The van der Waals surface area contributed by atoms with Crippen molar-refractivity contribution in [1.29, 1.82) is 0 Å². The second kappa shape index (κ2) is 5.31. The Bertz CT molecular complexity index is 181. The third-order valence-corrected chi connectivity index (χ3v) is 4.05. The minimum Gasteiger partial charge on any atom is -0.375 e. The van der Waals surface area contributed by atoms with Crippen LogP contribution >= 0.6 is 0 Å². The number of hydrogen-bond acceptors (Lipinski definition) is 2. The molecule has 0 bridgehead atoms. The van der Waals surface area contributed by atoms with Crippen molar-refractivity contribution in [3.05, 3.63) is 0 Å². The van der Waals surface area contributed by atoms with E-state index in [1.54, 1.807) is 0 Å². The summed E-state index contributed by atoms with van der Waals surface area (Å²) in [7, 11) is 0. The maximum Gasteiger partial charge on any atom is 0.0678 e. The topological polar surface area (TPSA) is 21.3 Å². The van der Waals surface area contributed by atoms with Crippen LogP contribution in [0.25, 0.3) is 0 Å². The van der Waals surface area contributed by atoms with E-state index in [4.69, 9.17) is 4.74 Å². The maximum absolute atomic E-state index is 6.17. The minimum atomic E-state index is 0.169. The Hall–Kier alpha value is -0.0800. The van der Waals surface area contributed by atoms with Crippen LogP contribution in [0.5, 0.6) is 0 Å². The molecule has 0 aromatic carbocycles. The molecule has 0 unspecified atom stereocenters. The van der Waals surface area contributed by atoms with Gasteiger partial charge in [0.05, 0.1) is 12.2 Å². The Morgan fingerprint density at radius 2 is 1.80 bits per heavy atom. The van der Waals surface area contributed by atoms with Crippen molar-refractivity contribution in [2.24, 2.45) is 5.92 Å². The molecule has 1 aliphatic heterocycles. The number of nitrogens with one attached hydrogen (secondary N) is 1. The van der Waals surface area contributed by atoms with Gasteiger partial charge in [-0.05, 0) is 51.6 Å². The first-order chi connectivity index (χ1) is 7.29. The van der Waals surface area contributed by atoms with Crippen LogP contribution in [0.1, 0.15) is 51.9 Å². The van der Waals surface area contributed by atoms with Gasteiger partial charge in [-0.2, -0.15) is 0 Å². The van der Waals surface area contributed by atoms with E-state index in [0.29, 0.717) is 0 Å². The summed E-state index contributed by atoms with van der Waals surface area (Å²) in [6, 6.07) is 0. The van der Waals surface area contributed by atoms with Crippen LogP contribution in [0.2, 0.25) is 0 Å². The molecule has 2 aliphatic rings. The number of piperidine rings is 1. The molecule has 1 heterocycles. The van der Waals surface area contributed by atoms with Crippen LogP contribution in [-0.4, -0.2) is 25.3 Å². The van der Waals surface area contributed by atoms with Gasteiger partial charge in [-0.1, -0.05) is 19.3 Å². The Morgan fingerprint density at radius 3 is 2.47 bits per heavy atom. The lowest BCUT2D eigenvalue weighted by atomic mass is 9.89. The quantitative estimate of drug-likeness (QED) is 0.775. The molecule has 0 amide bonds. The molecular weight excluding hydrogens is 186 g/mol. The second-order valence-electron chi connectivity index (χ2n) is 5.51. The first-order valence-electron chi connectivity index (χ1n) is 6.63. The highest BCUT2D eigenvalue weighted by Crippen LogP contribution is 2.28. The summed E-state index contributed by atoms with van der Waals surface area (Å²) in [5.41, 5.74) is 0.169. The highest BCUT2D eigenvalue weighted by atomic mass is 16.5. The molecular formula is C13H25NO. The molecule has 1 saturated heterocycles. The number of rotatable bonds is 3. The third kappa shape index (κ3) is 3.46. The molecule has 0 aromatic heterocycles. The van der Waals surface area contributed by atoms with Crippen molar-refractivity contribution in [2.75, 3.05) is 19.7 Å². The summed E-state index contributed by atoms with van der Waals surface area (Å²) in [5.74, 6) is 0.852. The van der Waals surface area contributed by atoms with Crippen LogP contribution in [-0.2, 0) is 4.74 Å². The average molecular weight is 211 g/mol. The molecule has 0 spiro atoms. The molecule has 0 radical (unpaired) electrons. The fourth-order valence-corrected chi connectivity index (χ4v) is 2.77. The van der Waals surface area contributed by atoms with Gasteiger partial charge < -0.3 is 10.1 Å². The lowest BCUT2D eigenvalue weighted by molar-refractivity contribution is -0.0699. The van der Waals surface area contributed by atoms with Crippen molar-refractivity contribution < 1.29 is 4.74 Å². The molecule has 2 fully saturated rings. The molecule has 2 rings (SSSR count). The summed E-state index contributed by atoms with van der Waals surface area (Å²) in [5, 5.41) is 3.40. The van der Waals surface area contributed by atoms with Crippen molar-refractivity contribution >= 4 is 0 Å². The molecule has 0 atom stereocenters. The van der Waals surface area contributed by atoms with Gasteiger partial charge in [0.2, 0.25) is 0 Å². The zero-order valence-electron chi connectivity index (χ0n) is 10.1. The Morgan fingerprint density at radius 1 is 1.13 bits per heavy atom. The highest BCUT2D eigenvalue weighted by molar-refractivity contribution is 4.82. The normalized spacial score (nSPS) is 27.8. The number of hydrogen-bond donors (Lipinski definition) is 1. The average Bonchev–Trinajstić information content (AvgIpc) is 2.29. The van der Waals surface area contributed by atoms with Gasteiger partial charge in [0.15, 0.2) is 0 Å². The van der Waals surface area contributed by atoms with Gasteiger partial charge in [-0.25, -0.2) is 0 Å².